The van der Waals surface area contributed by atoms with Gasteiger partial charge in [-0.25, -0.2) is 9.59 Å². The molecule has 0 aliphatic heterocycles. The molecule has 0 bridgehead atoms. The molecule has 0 saturated carbocycles. The van der Waals surface area contributed by atoms with Crippen LogP contribution in [0.25, 0.3) is 0 Å². The number of rotatable bonds is 11. The molecule has 0 aromatic heterocycles. The minimum Gasteiger partial charge on any atom is -0.478 e. The van der Waals surface area contributed by atoms with Crippen molar-refractivity contribution in [3.8, 4) is 0 Å². The van der Waals surface area contributed by atoms with Gasteiger partial charge >= 0.3 is 12.1 Å². The third-order valence-corrected chi connectivity index (χ3v) is 4.91. The first-order chi connectivity index (χ1) is 11.0. The lowest BCUT2D eigenvalue weighted by molar-refractivity contribution is -0.132. The van der Waals surface area contributed by atoms with Gasteiger partial charge in [0.05, 0.1) is 6.10 Å². The summed E-state index contributed by atoms with van der Waals surface area (Å²) >= 11 is 8.82. The van der Waals surface area contributed by atoms with Crippen LogP contribution in [0.4, 0.5) is 4.79 Å². The number of hydrogen-bond acceptors (Lipinski definition) is 6. The Bertz CT molecular complexity index is 446. The first kappa shape index (κ1) is 23.1. The Morgan fingerprint density at radius 1 is 1.08 bits per heavy atom. The Hall–Kier alpha value is -0.900. The molecular formula is C15H28N2O5S2. The standard InChI is InChI=1S/C15H28N2O5S2/c1-10(14(19)20)8-11(18)9-13(24)12(23)4-5-17(15(21)22)7-6-16(2)3/h8,11-13,18,23-24H,4-7,9H2,1-3H3,(H,19,20)(H,21,22). The van der Waals surface area contributed by atoms with Gasteiger partial charge in [-0.2, -0.15) is 25.3 Å². The number of hydrogen-bond donors (Lipinski definition) is 5. The van der Waals surface area contributed by atoms with Crippen LogP contribution in [-0.2, 0) is 4.79 Å². The molecule has 3 atom stereocenters. The highest BCUT2D eigenvalue weighted by atomic mass is 32.1. The van der Waals surface area contributed by atoms with E-state index in [2.05, 4.69) is 25.3 Å². The smallest absolute Gasteiger partial charge is 0.407 e. The van der Waals surface area contributed by atoms with Crippen LogP contribution in [0.3, 0.4) is 0 Å². The topological polar surface area (TPSA) is 101 Å². The van der Waals surface area contributed by atoms with Gasteiger partial charge in [-0.05, 0) is 39.9 Å². The summed E-state index contributed by atoms with van der Waals surface area (Å²) in [7, 11) is 3.75. The van der Waals surface area contributed by atoms with E-state index in [0.29, 0.717) is 26.1 Å². The number of carboxylic acid groups (broad SMARTS) is 2. The van der Waals surface area contributed by atoms with E-state index in [1.807, 2.05) is 19.0 Å². The van der Waals surface area contributed by atoms with E-state index in [0.717, 1.165) is 0 Å². The average Bonchev–Trinajstić information content (AvgIpc) is 2.45. The number of aliphatic carboxylic acids is 1. The minimum atomic E-state index is -1.08. The zero-order valence-electron chi connectivity index (χ0n) is 14.3. The van der Waals surface area contributed by atoms with Gasteiger partial charge in [-0.3, -0.25) is 0 Å². The third-order valence-electron chi connectivity index (χ3n) is 3.49. The molecule has 0 aromatic rings. The molecule has 7 nitrogen and oxygen atoms in total. The van der Waals surface area contributed by atoms with Crippen molar-refractivity contribution in [2.75, 3.05) is 33.7 Å². The second-order valence-corrected chi connectivity index (χ2v) is 7.28. The van der Waals surface area contributed by atoms with Crippen LogP contribution in [0.15, 0.2) is 11.6 Å². The highest BCUT2D eigenvalue weighted by Gasteiger charge is 2.20. The summed E-state index contributed by atoms with van der Waals surface area (Å²) in [6, 6.07) is 0. The van der Waals surface area contributed by atoms with Gasteiger partial charge in [0.15, 0.2) is 0 Å². The van der Waals surface area contributed by atoms with Crippen molar-refractivity contribution in [3.63, 3.8) is 0 Å². The van der Waals surface area contributed by atoms with Crippen molar-refractivity contribution in [3.05, 3.63) is 11.6 Å². The molecule has 0 saturated heterocycles. The first-order valence-corrected chi connectivity index (χ1v) is 8.66. The van der Waals surface area contributed by atoms with Crippen LogP contribution >= 0.6 is 25.3 Å². The van der Waals surface area contributed by atoms with Gasteiger partial charge in [-0.15, -0.1) is 0 Å². The molecule has 0 aromatic carbocycles. The molecule has 0 rings (SSSR count). The Labute approximate surface area is 154 Å². The van der Waals surface area contributed by atoms with E-state index in [-0.39, 0.29) is 22.5 Å². The lowest BCUT2D eigenvalue weighted by Crippen LogP contribution is -2.38. The number of thiol groups is 2. The predicted molar refractivity (Wildman–Crippen MR) is 100 cm³/mol. The van der Waals surface area contributed by atoms with Gasteiger partial charge in [0.2, 0.25) is 0 Å². The molecule has 9 heteroatoms. The van der Waals surface area contributed by atoms with Crippen molar-refractivity contribution >= 4 is 37.3 Å². The quantitative estimate of drug-likeness (QED) is 0.274. The van der Waals surface area contributed by atoms with Gasteiger partial charge in [0.25, 0.3) is 0 Å². The van der Waals surface area contributed by atoms with Crippen LogP contribution in [-0.4, -0.2) is 87.5 Å². The lowest BCUT2D eigenvalue weighted by atomic mass is 10.1. The molecule has 0 spiro atoms. The molecule has 3 unspecified atom stereocenters. The largest absolute Gasteiger partial charge is 0.478 e. The summed E-state index contributed by atoms with van der Waals surface area (Å²) in [6.45, 7) is 2.77. The zero-order chi connectivity index (χ0) is 18.9. The van der Waals surface area contributed by atoms with Crippen LogP contribution in [0.1, 0.15) is 19.8 Å². The Morgan fingerprint density at radius 3 is 2.12 bits per heavy atom. The highest BCUT2D eigenvalue weighted by Crippen LogP contribution is 2.19. The second kappa shape index (κ2) is 11.6. The fourth-order valence-electron chi connectivity index (χ4n) is 1.94. The maximum atomic E-state index is 11.2. The molecule has 24 heavy (non-hydrogen) atoms. The summed E-state index contributed by atoms with van der Waals surface area (Å²) in [5, 5.41) is 27.3. The van der Waals surface area contributed by atoms with Crippen LogP contribution in [0, 0.1) is 0 Å². The second-order valence-electron chi connectivity index (χ2n) is 5.95. The number of aliphatic hydroxyl groups is 1. The Kier molecular flexibility index (Phi) is 11.2. The summed E-state index contributed by atoms with van der Waals surface area (Å²) in [4.78, 5) is 25.2. The summed E-state index contributed by atoms with van der Waals surface area (Å²) < 4.78 is 0. The van der Waals surface area contributed by atoms with Crippen molar-refractivity contribution in [1.82, 2.24) is 9.80 Å². The zero-order valence-corrected chi connectivity index (χ0v) is 16.1. The fraction of sp³-hybridized carbons (Fsp3) is 0.733. The van der Waals surface area contributed by atoms with Crippen LogP contribution in [0.5, 0.6) is 0 Å². The number of carbonyl (C=O) groups is 2. The van der Waals surface area contributed by atoms with E-state index < -0.39 is 18.2 Å². The van der Waals surface area contributed by atoms with E-state index in [1.54, 1.807) is 0 Å². The molecule has 1 amide bonds. The van der Waals surface area contributed by atoms with Crippen molar-refractivity contribution in [2.45, 2.75) is 36.4 Å². The highest BCUT2D eigenvalue weighted by molar-refractivity contribution is 7.85. The SMILES string of the molecule is CC(=CC(O)CC(S)C(S)CCN(CCN(C)C)C(=O)O)C(=O)O. The van der Waals surface area contributed by atoms with Crippen LogP contribution < -0.4 is 0 Å². The summed E-state index contributed by atoms with van der Waals surface area (Å²) in [5.41, 5.74) is 0.0690. The van der Waals surface area contributed by atoms with E-state index in [1.165, 1.54) is 17.9 Å². The molecule has 0 heterocycles. The minimum absolute atomic E-state index is 0.0690. The van der Waals surface area contributed by atoms with E-state index >= 15 is 0 Å². The molecule has 0 aliphatic carbocycles. The van der Waals surface area contributed by atoms with Gasteiger partial charge in [0, 0.05) is 35.7 Å². The van der Waals surface area contributed by atoms with Crippen molar-refractivity contribution in [2.24, 2.45) is 0 Å². The molecular weight excluding hydrogens is 352 g/mol. The predicted octanol–water partition coefficient (Wildman–Crippen LogP) is 1.30. The fourth-order valence-corrected chi connectivity index (χ4v) is 2.54. The Balaban J connectivity index is 4.42. The molecule has 0 aliphatic rings. The number of likely N-dealkylation sites (N-methyl/N-ethyl adjacent to an activating group) is 1. The van der Waals surface area contributed by atoms with Gasteiger partial charge in [-0.1, -0.05) is 0 Å². The van der Waals surface area contributed by atoms with E-state index in [9.17, 15) is 19.8 Å². The first-order valence-electron chi connectivity index (χ1n) is 7.63. The third kappa shape index (κ3) is 10.1. The monoisotopic (exact) mass is 380 g/mol. The number of amides is 1. The summed E-state index contributed by atoms with van der Waals surface area (Å²) in [6.07, 6.45) is 0.0979. The maximum Gasteiger partial charge on any atom is 0.407 e. The maximum absolute atomic E-state index is 11.2. The van der Waals surface area contributed by atoms with Gasteiger partial charge in [0.1, 0.15) is 0 Å². The lowest BCUT2D eigenvalue weighted by Gasteiger charge is -2.25. The van der Waals surface area contributed by atoms with Gasteiger partial charge < -0.3 is 25.1 Å². The molecule has 140 valence electrons. The van der Waals surface area contributed by atoms with E-state index in [4.69, 9.17) is 5.11 Å². The normalized spacial score (nSPS) is 15.9. The molecule has 3 N–H and O–H groups in total. The number of aliphatic hydroxyl groups excluding tert-OH is 1. The molecule has 0 fully saturated rings. The van der Waals surface area contributed by atoms with Crippen molar-refractivity contribution in [1.29, 1.82) is 0 Å². The van der Waals surface area contributed by atoms with Crippen molar-refractivity contribution < 1.29 is 24.9 Å². The number of carboxylic acids is 1. The average molecular weight is 381 g/mol. The summed E-state index contributed by atoms with van der Waals surface area (Å²) in [5.74, 6) is -1.08. The number of nitrogens with zero attached hydrogens (tertiary/aromatic N) is 2. The Morgan fingerprint density at radius 2 is 1.67 bits per heavy atom. The molecule has 0 radical (unpaired) electrons. The van der Waals surface area contributed by atoms with Crippen LogP contribution in [0.2, 0.25) is 0 Å².